The predicted octanol–water partition coefficient (Wildman–Crippen LogP) is 2.85. The number of carbonyl (C=O) groups is 1. The number of rotatable bonds is 4. The minimum atomic E-state index is 0.248. The van der Waals surface area contributed by atoms with Gasteiger partial charge < -0.3 is 19.3 Å². The van der Waals surface area contributed by atoms with E-state index in [4.69, 9.17) is 21.1 Å². The second-order valence-corrected chi connectivity index (χ2v) is 8.77. The second-order valence-electron chi connectivity index (χ2n) is 8.37. The number of fused-ring (bicyclic) bond motifs is 2. The number of halogens is 1. The molecule has 0 unspecified atom stereocenters. The molecule has 0 radical (unpaired) electrons. The summed E-state index contributed by atoms with van der Waals surface area (Å²) in [5.41, 5.74) is 1.33. The minimum Gasteiger partial charge on any atom is -0.495 e. The van der Waals surface area contributed by atoms with Gasteiger partial charge in [-0.1, -0.05) is 17.7 Å². The third kappa shape index (κ3) is 3.57. The highest BCUT2D eigenvalue weighted by molar-refractivity contribution is 6.32. The first-order chi connectivity index (χ1) is 13.0. The first kappa shape index (κ1) is 19.0. The molecule has 1 aromatic carbocycles. The lowest BCUT2D eigenvalue weighted by Gasteiger charge is -2.40. The molecule has 0 saturated carbocycles. The molecule has 3 aliphatic rings. The summed E-state index contributed by atoms with van der Waals surface area (Å²) in [7, 11) is 3.80. The van der Waals surface area contributed by atoms with E-state index in [0.717, 1.165) is 31.8 Å². The molecule has 1 aromatic rings. The van der Waals surface area contributed by atoms with E-state index >= 15 is 0 Å². The number of methoxy groups -OCH3 is 1. The highest BCUT2D eigenvalue weighted by Gasteiger charge is 2.56. The molecule has 3 fully saturated rings. The molecule has 4 rings (SSSR count). The molecule has 6 heteroatoms. The zero-order chi connectivity index (χ0) is 19.0. The SMILES string of the molecule is COc1ccc(CCC(=O)N2CC3(CCN(C)CC3)[C@H]3COC[C@H]32)cc1Cl. The Morgan fingerprint density at radius 2 is 2.11 bits per heavy atom. The molecule has 1 spiro atoms. The van der Waals surface area contributed by atoms with E-state index in [1.807, 2.05) is 18.2 Å². The number of amides is 1. The number of nitrogens with zero attached hydrogens (tertiary/aromatic N) is 2. The molecule has 148 valence electrons. The summed E-state index contributed by atoms with van der Waals surface area (Å²) in [5, 5.41) is 0.596. The topological polar surface area (TPSA) is 42.0 Å². The lowest BCUT2D eigenvalue weighted by Crippen LogP contribution is -2.43. The van der Waals surface area contributed by atoms with Crippen LogP contribution in [0.3, 0.4) is 0 Å². The van der Waals surface area contributed by atoms with Gasteiger partial charge in [0.2, 0.25) is 5.91 Å². The first-order valence-corrected chi connectivity index (χ1v) is 10.3. The fourth-order valence-electron chi connectivity index (χ4n) is 5.13. The van der Waals surface area contributed by atoms with Crippen LogP contribution in [-0.2, 0) is 16.0 Å². The largest absolute Gasteiger partial charge is 0.495 e. The highest BCUT2D eigenvalue weighted by atomic mass is 35.5. The Bertz CT molecular complexity index is 703. The molecule has 27 heavy (non-hydrogen) atoms. The van der Waals surface area contributed by atoms with Crippen molar-refractivity contribution in [2.75, 3.05) is 47.0 Å². The van der Waals surface area contributed by atoms with Gasteiger partial charge in [0, 0.05) is 18.9 Å². The third-order valence-electron chi connectivity index (χ3n) is 6.87. The first-order valence-electron chi connectivity index (χ1n) is 9.90. The van der Waals surface area contributed by atoms with Gasteiger partial charge >= 0.3 is 0 Å². The van der Waals surface area contributed by atoms with Gasteiger partial charge in [-0.2, -0.15) is 0 Å². The van der Waals surface area contributed by atoms with E-state index in [-0.39, 0.29) is 17.4 Å². The second kappa shape index (κ2) is 7.61. The van der Waals surface area contributed by atoms with Crippen LogP contribution in [0.15, 0.2) is 18.2 Å². The maximum absolute atomic E-state index is 13.1. The van der Waals surface area contributed by atoms with Crippen molar-refractivity contribution >= 4 is 17.5 Å². The Hall–Kier alpha value is -1.30. The molecule has 2 atom stereocenters. The van der Waals surface area contributed by atoms with Crippen LogP contribution in [0, 0.1) is 11.3 Å². The van der Waals surface area contributed by atoms with E-state index in [1.54, 1.807) is 7.11 Å². The van der Waals surface area contributed by atoms with Gasteiger partial charge in [0.1, 0.15) is 5.75 Å². The molecule has 3 heterocycles. The number of ether oxygens (including phenoxy) is 2. The Labute approximate surface area is 166 Å². The lowest BCUT2D eigenvalue weighted by molar-refractivity contribution is -0.132. The van der Waals surface area contributed by atoms with Crippen molar-refractivity contribution in [1.82, 2.24) is 9.80 Å². The standard InChI is InChI=1S/C21H29ClN2O3/c1-23-9-7-21(8-10-23)14-24(18-13-27-12-16(18)21)20(25)6-4-15-3-5-19(26-2)17(22)11-15/h3,5,11,16,18H,4,6-10,12-14H2,1-2H3/t16-,18+/m0/s1. The molecule has 1 amide bonds. The van der Waals surface area contributed by atoms with Crippen LogP contribution < -0.4 is 4.74 Å². The van der Waals surface area contributed by atoms with Gasteiger partial charge in [0.25, 0.3) is 0 Å². The van der Waals surface area contributed by atoms with Gasteiger partial charge in [0.05, 0.1) is 31.4 Å². The van der Waals surface area contributed by atoms with Crippen molar-refractivity contribution in [3.63, 3.8) is 0 Å². The molecule has 3 aliphatic heterocycles. The maximum atomic E-state index is 13.1. The normalized spacial score (nSPS) is 27.1. The van der Waals surface area contributed by atoms with Crippen LogP contribution in [-0.4, -0.2) is 68.8 Å². The quantitative estimate of drug-likeness (QED) is 0.790. The molecule has 0 aromatic heterocycles. The van der Waals surface area contributed by atoms with Gasteiger partial charge in [-0.15, -0.1) is 0 Å². The summed E-state index contributed by atoms with van der Waals surface area (Å²) in [6.07, 6.45) is 3.56. The number of benzene rings is 1. The summed E-state index contributed by atoms with van der Waals surface area (Å²) >= 11 is 6.21. The van der Waals surface area contributed by atoms with Crippen molar-refractivity contribution in [1.29, 1.82) is 0 Å². The Morgan fingerprint density at radius 3 is 2.81 bits per heavy atom. The number of piperidine rings is 1. The predicted molar refractivity (Wildman–Crippen MR) is 105 cm³/mol. The van der Waals surface area contributed by atoms with Crippen LogP contribution in [0.25, 0.3) is 0 Å². The van der Waals surface area contributed by atoms with Crippen LogP contribution in [0.4, 0.5) is 0 Å². The average Bonchev–Trinajstić information content (AvgIpc) is 3.26. The summed E-state index contributed by atoms with van der Waals surface area (Å²) in [6, 6.07) is 6.02. The van der Waals surface area contributed by atoms with Gasteiger partial charge in [-0.3, -0.25) is 4.79 Å². The zero-order valence-electron chi connectivity index (χ0n) is 16.2. The monoisotopic (exact) mass is 392 g/mol. The van der Waals surface area contributed by atoms with Crippen molar-refractivity contribution < 1.29 is 14.3 Å². The van der Waals surface area contributed by atoms with Crippen LogP contribution in [0.1, 0.15) is 24.8 Å². The fourth-order valence-corrected chi connectivity index (χ4v) is 5.42. The third-order valence-corrected chi connectivity index (χ3v) is 7.16. The van der Waals surface area contributed by atoms with Crippen molar-refractivity contribution in [2.24, 2.45) is 11.3 Å². The van der Waals surface area contributed by atoms with Crippen molar-refractivity contribution in [2.45, 2.75) is 31.7 Å². The van der Waals surface area contributed by atoms with Crippen molar-refractivity contribution in [3.05, 3.63) is 28.8 Å². The van der Waals surface area contributed by atoms with Crippen LogP contribution >= 0.6 is 11.6 Å². The molecule has 3 saturated heterocycles. The van der Waals surface area contributed by atoms with Gasteiger partial charge in [-0.05, 0) is 62.5 Å². The van der Waals surface area contributed by atoms with E-state index in [9.17, 15) is 4.79 Å². The van der Waals surface area contributed by atoms with E-state index in [0.29, 0.717) is 36.1 Å². The zero-order valence-corrected chi connectivity index (χ0v) is 17.0. The van der Waals surface area contributed by atoms with E-state index < -0.39 is 0 Å². The molecule has 5 nitrogen and oxygen atoms in total. The van der Waals surface area contributed by atoms with E-state index in [2.05, 4.69) is 16.8 Å². The molecular weight excluding hydrogens is 364 g/mol. The Balaban J connectivity index is 1.42. The van der Waals surface area contributed by atoms with Crippen LogP contribution in [0.5, 0.6) is 5.75 Å². The smallest absolute Gasteiger partial charge is 0.223 e. The summed E-state index contributed by atoms with van der Waals surface area (Å²) in [5.74, 6) is 1.42. The average molecular weight is 393 g/mol. The van der Waals surface area contributed by atoms with Gasteiger partial charge in [-0.25, -0.2) is 0 Å². The fraction of sp³-hybridized carbons (Fsp3) is 0.667. The number of carbonyl (C=O) groups excluding carboxylic acids is 1. The molecule has 0 N–H and O–H groups in total. The number of aryl methyl sites for hydroxylation is 1. The number of likely N-dealkylation sites (tertiary alicyclic amines) is 2. The summed E-state index contributed by atoms with van der Waals surface area (Å²) < 4.78 is 11.0. The Kier molecular flexibility index (Phi) is 5.36. The number of hydrogen-bond acceptors (Lipinski definition) is 4. The van der Waals surface area contributed by atoms with Crippen LogP contribution in [0.2, 0.25) is 5.02 Å². The number of hydrogen-bond donors (Lipinski definition) is 0. The van der Waals surface area contributed by atoms with Crippen molar-refractivity contribution in [3.8, 4) is 5.75 Å². The maximum Gasteiger partial charge on any atom is 0.223 e. The summed E-state index contributed by atoms with van der Waals surface area (Å²) in [6.45, 7) is 4.65. The summed E-state index contributed by atoms with van der Waals surface area (Å²) in [4.78, 5) is 17.6. The molecular formula is C21H29ClN2O3. The van der Waals surface area contributed by atoms with Gasteiger partial charge in [0.15, 0.2) is 0 Å². The minimum absolute atomic E-state index is 0.248. The highest BCUT2D eigenvalue weighted by Crippen LogP contribution is 2.50. The molecule has 0 aliphatic carbocycles. The lowest BCUT2D eigenvalue weighted by atomic mass is 9.70. The molecule has 0 bridgehead atoms. The Morgan fingerprint density at radius 1 is 1.33 bits per heavy atom. The van der Waals surface area contributed by atoms with E-state index in [1.165, 1.54) is 12.8 Å².